The van der Waals surface area contributed by atoms with Crippen LogP contribution in [-0.2, 0) is 22.1 Å². The Bertz CT molecular complexity index is 13.5. The molecule has 0 aromatic rings. The summed E-state index contributed by atoms with van der Waals surface area (Å²) in [4.78, 5) is 0. The molecule has 0 aliphatic rings. The van der Waals surface area contributed by atoms with Gasteiger partial charge in [0.1, 0.15) is 0 Å². The Morgan fingerprint density at radius 3 is 1.67 bits per heavy atom. The molecule has 0 atom stereocenters. The van der Waals surface area contributed by atoms with Crippen LogP contribution in [0, 0.1) is 0 Å². The molecule has 0 aliphatic heterocycles. The van der Waals surface area contributed by atoms with E-state index in [2.05, 4.69) is 0 Å². The summed E-state index contributed by atoms with van der Waals surface area (Å²) in [7, 11) is 9.97. The van der Waals surface area contributed by atoms with Crippen molar-refractivity contribution < 1.29 is 27.2 Å². The van der Waals surface area contributed by atoms with Crippen molar-refractivity contribution in [2.45, 2.75) is 6.92 Å². The summed E-state index contributed by atoms with van der Waals surface area (Å²) in [5, 5.41) is 7.57. The summed E-state index contributed by atoms with van der Waals surface area (Å²) in [5.41, 5.74) is 0. The van der Waals surface area contributed by atoms with E-state index in [1.54, 1.807) is 6.92 Å². The Balaban J connectivity index is 0. The third-order valence-corrected chi connectivity index (χ3v) is 0. The molecule has 0 rings (SSSR count). The standard InChI is InChI=1S/C2H6O.2ClH.Hg/c1-2-3;;;/h3H,2H2,1H3;2*1H;/q;;;+2/p-2. The van der Waals surface area contributed by atoms with Gasteiger partial charge in [-0.1, -0.05) is 0 Å². The van der Waals surface area contributed by atoms with Crippen LogP contribution in [-0.4, -0.2) is 11.7 Å². The molecular weight excluding hydrogens is 312 g/mol. The van der Waals surface area contributed by atoms with E-state index in [0.29, 0.717) is 0 Å². The molecule has 0 saturated heterocycles. The molecule has 0 saturated carbocycles. The van der Waals surface area contributed by atoms with Crippen LogP contribution in [0.1, 0.15) is 6.92 Å². The van der Waals surface area contributed by atoms with E-state index in [1.807, 2.05) is 0 Å². The average molecular weight is 318 g/mol. The van der Waals surface area contributed by atoms with E-state index in [-0.39, 0.29) is 6.61 Å². The Morgan fingerprint density at radius 1 is 1.67 bits per heavy atom. The van der Waals surface area contributed by atoms with Crippen LogP contribution in [0.2, 0.25) is 0 Å². The fraction of sp³-hybridized carbons (Fsp3) is 1.00. The molecule has 1 nitrogen and oxygen atoms in total. The average Bonchev–Trinajstić information content (AvgIpc) is 1.39. The fourth-order valence-corrected chi connectivity index (χ4v) is 0. The monoisotopic (exact) mass is 318 g/mol. The Kier molecular flexibility index (Phi) is 28.0. The van der Waals surface area contributed by atoms with Crippen LogP contribution in [0.4, 0.5) is 0 Å². The Labute approximate surface area is 57.0 Å². The molecule has 0 aliphatic carbocycles. The van der Waals surface area contributed by atoms with Crippen molar-refractivity contribution in [2.24, 2.45) is 0 Å². The first-order valence-electron chi connectivity index (χ1n) is 1.56. The molecule has 0 unspecified atom stereocenters. The number of hydrogen-bond donors (Lipinski definition) is 1. The van der Waals surface area contributed by atoms with Gasteiger partial charge in [-0.15, -0.1) is 0 Å². The van der Waals surface area contributed by atoms with Crippen molar-refractivity contribution in [3.63, 3.8) is 0 Å². The van der Waals surface area contributed by atoms with Gasteiger partial charge in [-0.2, -0.15) is 0 Å². The van der Waals surface area contributed by atoms with E-state index in [0.717, 1.165) is 0 Å². The number of aliphatic hydroxyl groups is 1. The summed E-state index contributed by atoms with van der Waals surface area (Å²) in [6, 6.07) is 0. The van der Waals surface area contributed by atoms with Crippen LogP contribution in [0.15, 0.2) is 0 Å². The van der Waals surface area contributed by atoms with Gasteiger partial charge in [-0.3, -0.25) is 0 Å². The summed E-state index contributed by atoms with van der Waals surface area (Å²) < 4.78 is 0. The molecule has 0 heterocycles. The zero-order chi connectivity index (χ0) is 5.41. The molecule has 4 heteroatoms. The van der Waals surface area contributed by atoms with E-state index < -0.39 is 22.1 Å². The molecule has 0 spiro atoms. The summed E-state index contributed by atoms with van der Waals surface area (Å²) in [6.45, 7) is 1.93. The van der Waals surface area contributed by atoms with Crippen molar-refractivity contribution in [2.75, 3.05) is 6.61 Å². The molecule has 0 radical (unpaired) electrons. The van der Waals surface area contributed by atoms with Crippen molar-refractivity contribution in [3.05, 3.63) is 0 Å². The van der Waals surface area contributed by atoms with Gasteiger partial charge in [0.2, 0.25) is 0 Å². The van der Waals surface area contributed by atoms with Gasteiger partial charge >= 0.3 is 38.6 Å². The molecule has 36 valence electrons. The van der Waals surface area contributed by atoms with Crippen molar-refractivity contribution in [1.82, 2.24) is 0 Å². The molecule has 0 aromatic carbocycles. The van der Waals surface area contributed by atoms with Gasteiger partial charge in [0.25, 0.3) is 0 Å². The Hall–Kier alpha value is 1.48. The molecule has 0 amide bonds. The number of hydrogen-bond acceptors (Lipinski definition) is 1. The predicted molar refractivity (Wildman–Crippen MR) is 24.5 cm³/mol. The van der Waals surface area contributed by atoms with Crippen LogP contribution >= 0.6 is 16.5 Å². The summed E-state index contributed by atoms with van der Waals surface area (Å²) >= 11 is -1.14. The van der Waals surface area contributed by atoms with E-state index in [1.165, 1.54) is 0 Å². The van der Waals surface area contributed by atoms with Crippen LogP contribution < -0.4 is 0 Å². The SMILES string of the molecule is CCO.[Cl][Hg][Cl]. The molecular formula is C2H6Cl2HgO. The molecule has 0 aromatic heterocycles. The molecule has 1 N–H and O–H groups in total. The zero-order valence-electron chi connectivity index (χ0n) is 3.62. The maximum absolute atomic E-state index is 7.57. The van der Waals surface area contributed by atoms with Gasteiger partial charge in [0.05, 0.1) is 0 Å². The maximum atomic E-state index is 7.57. The van der Waals surface area contributed by atoms with E-state index in [4.69, 9.17) is 21.6 Å². The minimum atomic E-state index is -1.14. The van der Waals surface area contributed by atoms with Gasteiger partial charge in [0, 0.05) is 6.61 Å². The first-order chi connectivity index (χ1) is 2.83. The first kappa shape index (κ1) is 10.5. The molecule has 6 heavy (non-hydrogen) atoms. The topological polar surface area (TPSA) is 20.2 Å². The second-order valence-corrected chi connectivity index (χ2v) is 8.29. The number of rotatable bonds is 0. The van der Waals surface area contributed by atoms with Crippen molar-refractivity contribution >= 4 is 16.5 Å². The van der Waals surface area contributed by atoms with Crippen LogP contribution in [0.5, 0.6) is 0 Å². The number of aliphatic hydroxyl groups excluding tert-OH is 1. The zero-order valence-corrected chi connectivity index (χ0v) is 10.6. The second-order valence-electron chi connectivity index (χ2n) is 0.417. The van der Waals surface area contributed by atoms with Gasteiger partial charge in [0.15, 0.2) is 0 Å². The van der Waals surface area contributed by atoms with Gasteiger partial charge < -0.3 is 5.11 Å². The van der Waals surface area contributed by atoms with Crippen molar-refractivity contribution in [3.8, 4) is 0 Å². The third-order valence-electron chi connectivity index (χ3n) is 0. The van der Waals surface area contributed by atoms with Crippen molar-refractivity contribution in [1.29, 1.82) is 0 Å². The normalized spacial score (nSPS) is 4.67. The summed E-state index contributed by atoms with van der Waals surface area (Å²) in [5.74, 6) is 0. The second kappa shape index (κ2) is 16.1. The Morgan fingerprint density at radius 2 is 1.67 bits per heavy atom. The predicted octanol–water partition coefficient (Wildman–Crippen LogP) is 1.38. The minimum absolute atomic E-state index is 0.250. The summed E-state index contributed by atoms with van der Waals surface area (Å²) in [6.07, 6.45) is 0. The van der Waals surface area contributed by atoms with Gasteiger partial charge in [-0.25, -0.2) is 0 Å². The van der Waals surface area contributed by atoms with Gasteiger partial charge in [-0.05, 0) is 6.92 Å². The van der Waals surface area contributed by atoms with E-state index >= 15 is 0 Å². The van der Waals surface area contributed by atoms with Crippen LogP contribution in [0.25, 0.3) is 0 Å². The van der Waals surface area contributed by atoms with Crippen LogP contribution in [0.3, 0.4) is 0 Å². The van der Waals surface area contributed by atoms with E-state index in [9.17, 15) is 0 Å². The third kappa shape index (κ3) is 50.4. The molecule has 0 fully saturated rings. The molecule has 0 bridgehead atoms. The first-order valence-corrected chi connectivity index (χ1v) is 15.1. The quantitative estimate of drug-likeness (QED) is 0.669. The number of halogens is 2. The fourth-order valence-electron chi connectivity index (χ4n) is 0.